The molecule has 27 heavy (non-hydrogen) atoms. The van der Waals surface area contributed by atoms with E-state index in [1.807, 2.05) is 48.5 Å². The molecule has 0 heterocycles. The molecule has 138 valence electrons. The van der Waals surface area contributed by atoms with E-state index in [1.54, 1.807) is 30.3 Å². The highest BCUT2D eigenvalue weighted by Gasteiger charge is 2.13. The van der Waals surface area contributed by atoms with Crippen molar-refractivity contribution in [1.29, 1.82) is 0 Å². The van der Waals surface area contributed by atoms with Crippen molar-refractivity contribution in [2.75, 3.05) is 6.26 Å². The lowest BCUT2D eigenvalue weighted by atomic mass is 10.0. The van der Waals surface area contributed by atoms with Crippen LogP contribution in [0.4, 0.5) is 0 Å². The molecule has 3 aromatic rings. The molecule has 0 aliphatic rings. The van der Waals surface area contributed by atoms with Crippen LogP contribution >= 0.6 is 0 Å². The van der Waals surface area contributed by atoms with E-state index in [1.165, 1.54) is 0 Å². The normalized spacial score (nSPS) is 11.1. The quantitative estimate of drug-likeness (QED) is 0.478. The van der Waals surface area contributed by atoms with Crippen molar-refractivity contribution in [2.24, 2.45) is 0 Å². The van der Waals surface area contributed by atoms with Gasteiger partial charge in [0.1, 0.15) is 5.75 Å². The maximum absolute atomic E-state index is 12.6. The first kappa shape index (κ1) is 18.9. The Morgan fingerprint density at radius 2 is 1.52 bits per heavy atom. The topological polar surface area (TPSA) is 60.4 Å². The summed E-state index contributed by atoms with van der Waals surface area (Å²) in [6.07, 6.45) is 1.82. The van der Waals surface area contributed by atoms with Gasteiger partial charge < -0.3 is 4.74 Å². The predicted octanol–water partition coefficient (Wildman–Crippen LogP) is 4.04. The zero-order valence-electron chi connectivity index (χ0n) is 15.0. The van der Waals surface area contributed by atoms with E-state index in [4.69, 9.17) is 4.74 Å². The van der Waals surface area contributed by atoms with Gasteiger partial charge in [-0.25, -0.2) is 13.2 Å². The maximum atomic E-state index is 12.6. The summed E-state index contributed by atoms with van der Waals surface area (Å²) < 4.78 is 28.6. The van der Waals surface area contributed by atoms with Gasteiger partial charge in [0.05, 0.1) is 11.3 Å². The predicted molar refractivity (Wildman–Crippen MR) is 106 cm³/mol. The van der Waals surface area contributed by atoms with Gasteiger partial charge in [-0.1, -0.05) is 60.7 Å². The fourth-order valence-electron chi connectivity index (χ4n) is 2.81. The number of benzene rings is 3. The van der Waals surface area contributed by atoms with Crippen LogP contribution in [0.1, 0.15) is 27.0 Å². The molecule has 0 saturated carbocycles. The summed E-state index contributed by atoms with van der Waals surface area (Å²) in [5.41, 5.74) is 2.91. The van der Waals surface area contributed by atoms with Gasteiger partial charge >= 0.3 is 5.97 Å². The summed E-state index contributed by atoms with van der Waals surface area (Å²) >= 11 is 0. The van der Waals surface area contributed by atoms with Crippen molar-refractivity contribution in [3.63, 3.8) is 0 Å². The van der Waals surface area contributed by atoms with E-state index >= 15 is 0 Å². The van der Waals surface area contributed by atoms with Gasteiger partial charge in [0.2, 0.25) is 0 Å². The molecule has 0 fully saturated rings. The standard InChI is InChI=1S/C22H20O4S/c1-27(24,25)16-18-10-7-12-20(15-18)22(23)26-21-13-6-5-11-19(21)14-17-8-3-2-4-9-17/h2-13,15H,14,16H2,1H3. The van der Waals surface area contributed by atoms with Crippen molar-refractivity contribution < 1.29 is 17.9 Å². The molecule has 0 saturated heterocycles. The molecule has 0 amide bonds. The van der Waals surface area contributed by atoms with Gasteiger partial charge in [-0.15, -0.1) is 0 Å². The van der Waals surface area contributed by atoms with Gasteiger partial charge in [-0.3, -0.25) is 0 Å². The Labute approximate surface area is 159 Å². The average Bonchev–Trinajstić information content (AvgIpc) is 2.63. The number of carbonyl (C=O) groups excluding carboxylic acids is 1. The van der Waals surface area contributed by atoms with Crippen LogP contribution < -0.4 is 4.74 Å². The third-order valence-electron chi connectivity index (χ3n) is 4.00. The van der Waals surface area contributed by atoms with Crippen LogP contribution in [0.25, 0.3) is 0 Å². The number of rotatable bonds is 6. The SMILES string of the molecule is CS(=O)(=O)Cc1cccc(C(=O)Oc2ccccc2Cc2ccccc2)c1. The summed E-state index contributed by atoms with van der Waals surface area (Å²) in [7, 11) is -3.17. The number of para-hydroxylation sites is 1. The average molecular weight is 380 g/mol. The van der Waals surface area contributed by atoms with Crippen molar-refractivity contribution in [1.82, 2.24) is 0 Å². The number of esters is 1. The van der Waals surface area contributed by atoms with Crippen LogP contribution in [0.2, 0.25) is 0 Å². The molecule has 0 aliphatic carbocycles. The van der Waals surface area contributed by atoms with E-state index in [2.05, 4.69) is 0 Å². The molecule has 5 heteroatoms. The lowest BCUT2D eigenvalue weighted by molar-refractivity contribution is 0.0733. The second-order valence-electron chi connectivity index (χ2n) is 6.43. The first-order chi connectivity index (χ1) is 12.9. The van der Waals surface area contributed by atoms with Gasteiger partial charge in [0, 0.05) is 12.7 Å². The van der Waals surface area contributed by atoms with E-state index in [9.17, 15) is 13.2 Å². The Balaban J connectivity index is 1.80. The van der Waals surface area contributed by atoms with Crippen LogP contribution in [0.5, 0.6) is 5.75 Å². The molecule has 0 aliphatic heterocycles. The molecule has 4 nitrogen and oxygen atoms in total. The molecular weight excluding hydrogens is 360 g/mol. The number of hydrogen-bond donors (Lipinski definition) is 0. The zero-order chi connectivity index (χ0) is 19.3. The molecule has 0 unspecified atom stereocenters. The molecule has 0 atom stereocenters. The zero-order valence-corrected chi connectivity index (χ0v) is 15.8. The fraction of sp³-hybridized carbons (Fsp3) is 0.136. The van der Waals surface area contributed by atoms with Crippen molar-refractivity contribution in [3.05, 3.63) is 101 Å². The highest BCUT2D eigenvalue weighted by atomic mass is 32.2. The van der Waals surface area contributed by atoms with E-state index in [0.29, 0.717) is 23.3 Å². The van der Waals surface area contributed by atoms with Crippen molar-refractivity contribution in [3.8, 4) is 5.75 Å². The second kappa shape index (κ2) is 8.18. The molecule has 3 aromatic carbocycles. The molecule has 0 spiro atoms. The van der Waals surface area contributed by atoms with Gasteiger partial charge in [-0.2, -0.15) is 0 Å². The van der Waals surface area contributed by atoms with Crippen LogP contribution in [0, 0.1) is 0 Å². The Kier molecular flexibility index (Phi) is 5.72. The van der Waals surface area contributed by atoms with Gasteiger partial charge in [0.25, 0.3) is 0 Å². The smallest absolute Gasteiger partial charge is 0.343 e. The molecule has 0 aromatic heterocycles. The maximum Gasteiger partial charge on any atom is 0.343 e. The van der Waals surface area contributed by atoms with Crippen LogP contribution in [-0.2, 0) is 22.0 Å². The Bertz CT molecular complexity index is 1040. The minimum Gasteiger partial charge on any atom is -0.423 e. The number of sulfone groups is 1. The molecule has 0 N–H and O–H groups in total. The van der Waals surface area contributed by atoms with E-state index in [-0.39, 0.29) is 5.75 Å². The Hall–Kier alpha value is -2.92. The fourth-order valence-corrected chi connectivity index (χ4v) is 3.60. The first-order valence-corrected chi connectivity index (χ1v) is 10.6. The third kappa shape index (κ3) is 5.53. The summed E-state index contributed by atoms with van der Waals surface area (Å²) in [6.45, 7) is 0. The minimum absolute atomic E-state index is 0.112. The van der Waals surface area contributed by atoms with Crippen molar-refractivity contribution in [2.45, 2.75) is 12.2 Å². The number of ether oxygens (including phenoxy) is 1. The molecule has 3 rings (SSSR count). The Morgan fingerprint density at radius 3 is 2.26 bits per heavy atom. The lowest BCUT2D eigenvalue weighted by Crippen LogP contribution is -2.11. The second-order valence-corrected chi connectivity index (χ2v) is 8.57. The third-order valence-corrected chi connectivity index (χ3v) is 4.86. The Morgan fingerprint density at radius 1 is 0.852 bits per heavy atom. The van der Waals surface area contributed by atoms with Crippen LogP contribution in [-0.4, -0.2) is 20.6 Å². The number of hydrogen-bond acceptors (Lipinski definition) is 4. The monoisotopic (exact) mass is 380 g/mol. The summed E-state index contributed by atoms with van der Waals surface area (Å²) in [5, 5.41) is 0. The minimum atomic E-state index is -3.17. The highest BCUT2D eigenvalue weighted by molar-refractivity contribution is 7.89. The first-order valence-electron chi connectivity index (χ1n) is 8.51. The summed E-state index contributed by atoms with van der Waals surface area (Å²) in [4.78, 5) is 12.6. The highest BCUT2D eigenvalue weighted by Crippen LogP contribution is 2.23. The van der Waals surface area contributed by atoms with E-state index in [0.717, 1.165) is 17.4 Å². The van der Waals surface area contributed by atoms with Crippen molar-refractivity contribution >= 4 is 15.8 Å². The molecule has 0 bridgehead atoms. The van der Waals surface area contributed by atoms with Gasteiger partial charge in [-0.05, 0) is 34.9 Å². The van der Waals surface area contributed by atoms with Gasteiger partial charge in [0.15, 0.2) is 9.84 Å². The van der Waals surface area contributed by atoms with E-state index < -0.39 is 15.8 Å². The number of carbonyl (C=O) groups is 1. The molecule has 0 radical (unpaired) electrons. The lowest BCUT2D eigenvalue weighted by Gasteiger charge is -2.11. The molecular formula is C22H20O4S. The largest absolute Gasteiger partial charge is 0.423 e. The summed E-state index contributed by atoms with van der Waals surface area (Å²) in [6, 6.07) is 23.9. The van der Waals surface area contributed by atoms with Crippen LogP contribution in [0.3, 0.4) is 0 Å². The summed E-state index contributed by atoms with van der Waals surface area (Å²) in [5.74, 6) is -0.121. The van der Waals surface area contributed by atoms with Crippen LogP contribution in [0.15, 0.2) is 78.9 Å².